The summed E-state index contributed by atoms with van der Waals surface area (Å²) in [5.41, 5.74) is 3.35. The maximum Gasteiger partial charge on any atom is 0.232 e. The van der Waals surface area contributed by atoms with Crippen LogP contribution in [-0.4, -0.2) is 62.3 Å². The van der Waals surface area contributed by atoms with Gasteiger partial charge in [0.2, 0.25) is 11.8 Å². The van der Waals surface area contributed by atoms with E-state index in [1.807, 2.05) is 48.5 Å². The number of ether oxygens (including phenoxy) is 1. The topological polar surface area (TPSA) is 70.7 Å². The van der Waals surface area contributed by atoms with Crippen LogP contribution in [0.4, 0.5) is 10.1 Å². The number of hydrogen-bond acceptors (Lipinski definition) is 4. The minimum atomic E-state index is -0.984. The van der Waals surface area contributed by atoms with Crippen molar-refractivity contribution in [1.29, 1.82) is 0 Å². The van der Waals surface area contributed by atoms with Gasteiger partial charge in [-0.25, -0.2) is 4.39 Å². The molecule has 3 atom stereocenters. The molecule has 0 spiro atoms. The van der Waals surface area contributed by atoms with Crippen LogP contribution in [0.5, 0.6) is 0 Å². The van der Waals surface area contributed by atoms with E-state index in [4.69, 9.17) is 4.74 Å². The molecular formula is C29H38FN3O3. The molecule has 3 unspecified atom stereocenters. The number of para-hydroxylation sites is 1. The quantitative estimate of drug-likeness (QED) is 0.510. The maximum atomic E-state index is 13.6. The highest BCUT2D eigenvalue weighted by Gasteiger charge is 2.40. The fourth-order valence-electron chi connectivity index (χ4n) is 4.86. The zero-order valence-electron chi connectivity index (χ0n) is 21.5. The first kappa shape index (κ1) is 26.3. The van der Waals surface area contributed by atoms with Crippen molar-refractivity contribution in [2.45, 2.75) is 57.2 Å². The predicted octanol–water partition coefficient (Wildman–Crippen LogP) is 4.47. The first-order chi connectivity index (χ1) is 17.4. The number of alkyl halides is 1. The Kier molecular flexibility index (Phi) is 8.75. The van der Waals surface area contributed by atoms with Crippen LogP contribution in [0.15, 0.2) is 48.5 Å². The molecule has 2 aromatic rings. The molecule has 2 fully saturated rings. The number of amides is 2. The third kappa shape index (κ3) is 6.51. The number of likely N-dealkylation sites (tertiary alicyclic amines) is 1. The number of halogens is 1. The molecule has 7 heteroatoms. The Bertz CT molecular complexity index is 1030. The second-order valence-corrected chi connectivity index (χ2v) is 10.3. The van der Waals surface area contributed by atoms with Gasteiger partial charge in [0.1, 0.15) is 6.17 Å². The highest BCUT2D eigenvalue weighted by molar-refractivity contribution is 5.96. The first-order valence-corrected chi connectivity index (χ1v) is 13.0. The molecule has 0 bridgehead atoms. The molecule has 2 aromatic carbocycles. The van der Waals surface area contributed by atoms with E-state index in [1.165, 1.54) is 5.56 Å². The van der Waals surface area contributed by atoms with Gasteiger partial charge in [0, 0.05) is 31.7 Å². The monoisotopic (exact) mass is 495 g/mol. The lowest BCUT2D eigenvalue weighted by Crippen LogP contribution is -2.39. The van der Waals surface area contributed by atoms with E-state index in [9.17, 15) is 14.0 Å². The first-order valence-electron chi connectivity index (χ1n) is 13.0. The molecule has 1 saturated heterocycles. The highest BCUT2D eigenvalue weighted by Crippen LogP contribution is 2.34. The molecule has 1 saturated carbocycles. The third-order valence-corrected chi connectivity index (χ3v) is 7.34. The molecular weight excluding hydrogens is 457 g/mol. The zero-order valence-corrected chi connectivity index (χ0v) is 21.5. The molecule has 194 valence electrons. The molecule has 4 rings (SSSR count). The normalized spacial score (nSPS) is 21.2. The minimum absolute atomic E-state index is 0.0193. The minimum Gasteiger partial charge on any atom is -0.383 e. The number of nitrogens with zero attached hydrogens (tertiary/aromatic N) is 1. The Balaban J connectivity index is 1.54. The van der Waals surface area contributed by atoms with Crippen molar-refractivity contribution >= 4 is 17.5 Å². The van der Waals surface area contributed by atoms with Crippen molar-refractivity contribution < 1.29 is 18.7 Å². The van der Waals surface area contributed by atoms with Crippen molar-refractivity contribution in [3.8, 4) is 0 Å². The number of anilines is 1. The van der Waals surface area contributed by atoms with Gasteiger partial charge >= 0.3 is 0 Å². The molecule has 36 heavy (non-hydrogen) atoms. The second-order valence-electron chi connectivity index (χ2n) is 10.3. The number of piperidine rings is 1. The van der Waals surface area contributed by atoms with E-state index in [2.05, 4.69) is 29.4 Å². The molecule has 1 aliphatic heterocycles. The fourth-order valence-corrected chi connectivity index (χ4v) is 4.86. The molecule has 6 nitrogen and oxygen atoms in total. The lowest BCUT2D eigenvalue weighted by Gasteiger charge is -2.31. The number of hydrogen-bond donors (Lipinski definition) is 2. The summed E-state index contributed by atoms with van der Waals surface area (Å²) in [4.78, 5) is 28.9. The molecule has 1 aliphatic carbocycles. The predicted molar refractivity (Wildman–Crippen MR) is 140 cm³/mol. The van der Waals surface area contributed by atoms with E-state index >= 15 is 0 Å². The number of carbonyl (C=O) groups is 2. The third-order valence-electron chi connectivity index (χ3n) is 7.34. The molecule has 0 aromatic heterocycles. The van der Waals surface area contributed by atoms with Gasteiger partial charge in [0.15, 0.2) is 0 Å². The number of nitrogens with one attached hydrogen (secondary N) is 2. The van der Waals surface area contributed by atoms with Crippen LogP contribution in [0, 0.1) is 5.92 Å². The molecule has 2 aliphatic rings. The van der Waals surface area contributed by atoms with E-state index in [1.54, 1.807) is 7.11 Å². The smallest absolute Gasteiger partial charge is 0.232 e. The summed E-state index contributed by atoms with van der Waals surface area (Å²) >= 11 is 0. The van der Waals surface area contributed by atoms with Gasteiger partial charge in [-0.05, 0) is 54.6 Å². The van der Waals surface area contributed by atoms with Crippen molar-refractivity contribution in [2.75, 3.05) is 38.7 Å². The Morgan fingerprint density at radius 3 is 2.31 bits per heavy atom. The van der Waals surface area contributed by atoms with Crippen LogP contribution in [0.25, 0.3) is 0 Å². The number of benzene rings is 2. The van der Waals surface area contributed by atoms with Gasteiger partial charge in [-0.1, -0.05) is 56.3 Å². The summed E-state index contributed by atoms with van der Waals surface area (Å²) in [5, 5.41) is 5.98. The van der Waals surface area contributed by atoms with Crippen molar-refractivity contribution in [2.24, 2.45) is 5.92 Å². The maximum absolute atomic E-state index is 13.6. The SMILES string of the molecule is COCCN1CCC(C(=O)Nc2ccccc2C(C(=O)NC2CC2F)c2ccc(C(C)C)cc2)CC1. The van der Waals surface area contributed by atoms with E-state index < -0.39 is 18.1 Å². The number of carbonyl (C=O) groups excluding carboxylic acids is 2. The van der Waals surface area contributed by atoms with Gasteiger partial charge in [0.25, 0.3) is 0 Å². The highest BCUT2D eigenvalue weighted by atomic mass is 19.1. The van der Waals surface area contributed by atoms with Crippen LogP contribution in [0.1, 0.15) is 61.6 Å². The van der Waals surface area contributed by atoms with Gasteiger partial charge in [0.05, 0.1) is 18.6 Å². The van der Waals surface area contributed by atoms with E-state index in [0.29, 0.717) is 30.2 Å². The van der Waals surface area contributed by atoms with Crippen LogP contribution >= 0.6 is 0 Å². The van der Waals surface area contributed by atoms with Crippen molar-refractivity contribution in [3.63, 3.8) is 0 Å². The summed E-state index contributed by atoms with van der Waals surface area (Å²) in [7, 11) is 1.70. The second kappa shape index (κ2) is 12.0. The van der Waals surface area contributed by atoms with Crippen LogP contribution in [0.2, 0.25) is 0 Å². The molecule has 2 amide bonds. The van der Waals surface area contributed by atoms with Crippen LogP contribution < -0.4 is 10.6 Å². The standard InChI is InChI=1S/C29H38FN3O3/c1-19(2)20-8-10-21(11-9-20)27(29(35)32-26-18-24(26)30)23-6-4-5-7-25(23)31-28(34)22-12-14-33(15-13-22)16-17-36-3/h4-11,19,22,24,26-27H,12-18H2,1-3H3,(H,31,34)(H,32,35). The molecule has 1 heterocycles. The molecule has 0 radical (unpaired) electrons. The number of methoxy groups -OCH3 is 1. The Hall–Kier alpha value is -2.77. The summed E-state index contributed by atoms with van der Waals surface area (Å²) in [6, 6.07) is 15.0. The van der Waals surface area contributed by atoms with Crippen molar-refractivity contribution in [3.05, 3.63) is 65.2 Å². The van der Waals surface area contributed by atoms with Crippen LogP contribution in [-0.2, 0) is 14.3 Å². The summed E-state index contributed by atoms with van der Waals surface area (Å²) in [6.45, 7) is 7.54. The van der Waals surface area contributed by atoms with Gasteiger partial charge in [-0.15, -0.1) is 0 Å². The van der Waals surface area contributed by atoms with E-state index in [-0.39, 0.29) is 17.7 Å². The van der Waals surface area contributed by atoms with E-state index in [0.717, 1.165) is 38.0 Å². The Morgan fingerprint density at radius 2 is 1.69 bits per heavy atom. The molecule has 2 N–H and O–H groups in total. The van der Waals surface area contributed by atoms with Gasteiger partial charge in [-0.2, -0.15) is 0 Å². The lowest BCUT2D eigenvalue weighted by atomic mass is 9.87. The lowest BCUT2D eigenvalue weighted by molar-refractivity contribution is -0.122. The largest absolute Gasteiger partial charge is 0.383 e. The number of rotatable bonds is 10. The Labute approximate surface area is 213 Å². The summed E-state index contributed by atoms with van der Waals surface area (Å²) in [6.07, 6.45) is 0.949. The van der Waals surface area contributed by atoms with Crippen molar-refractivity contribution in [1.82, 2.24) is 10.2 Å². The zero-order chi connectivity index (χ0) is 25.7. The van der Waals surface area contributed by atoms with Crippen LogP contribution in [0.3, 0.4) is 0 Å². The Morgan fingerprint density at radius 1 is 1.06 bits per heavy atom. The summed E-state index contributed by atoms with van der Waals surface area (Å²) in [5.74, 6) is -0.614. The fraction of sp³-hybridized carbons (Fsp3) is 0.517. The average molecular weight is 496 g/mol. The van der Waals surface area contributed by atoms with Gasteiger partial charge < -0.3 is 20.3 Å². The summed E-state index contributed by atoms with van der Waals surface area (Å²) < 4.78 is 18.8. The van der Waals surface area contributed by atoms with Gasteiger partial charge in [-0.3, -0.25) is 9.59 Å². The average Bonchev–Trinajstić information content (AvgIpc) is 3.58.